The number of nitrogens with zero attached hydrogens (tertiary/aromatic N) is 2. The highest BCUT2D eigenvalue weighted by atomic mass is 16.5. The molecule has 112 valence electrons. The van der Waals surface area contributed by atoms with Crippen molar-refractivity contribution in [3.63, 3.8) is 0 Å². The summed E-state index contributed by atoms with van der Waals surface area (Å²) in [7, 11) is 0. The number of hydrogen-bond donors (Lipinski definition) is 0. The Bertz CT molecular complexity index is 593. The summed E-state index contributed by atoms with van der Waals surface area (Å²) in [5.41, 5.74) is 0.508. The van der Waals surface area contributed by atoms with Crippen molar-refractivity contribution in [2.75, 3.05) is 6.61 Å². The standard InChI is InChI=1S/C16H20N2O3/c1-3-9-20-14-6-5-13(11-19)15(10-14)21-12-16-17-7-8-18(16)4-2/h5-8,10-11H,3-4,9,12H2,1-2H3. The van der Waals surface area contributed by atoms with Crippen molar-refractivity contribution in [2.24, 2.45) is 0 Å². The first-order chi connectivity index (χ1) is 10.3. The summed E-state index contributed by atoms with van der Waals surface area (Å²) in [6.07, 6.45) is 5.36. The largest absolute Gasteiger partial charge is 0.493 e. The quantitative estimate of drug-likeness (QED) is 0.700. The normalized spacial score (nSPS) is 10.4. The lowest BCUT2D eigenvalue weighted by atomic mass is 10.2. The van der Waals surface area contributed by atoms with Crippen LogP contribution in [0.3, 0.4) is 0 Å². The van der Waals surface area contributed by atoms with Crippen molar-refractivity contribution in [1.82, 2.24) is 9.55 Å². The smallest absolute Gasteiger partial charge is 0.153 e. The Morgan fingerprint density at radius 1 is 1.29 bits per heavy atom. The lowest BCUT2D eigenvalue weighted by Gasteiger charge is -2.11. The first-order valence-electron chi connectivity index (χ1n) is 7.13. The van der Waals surface area contributed by atoms with E-state index >= 15 is 0 Å². The maximum Gasteiger partial charge on any atom is 0.153 e. The van der Waals surface area contributed by atoms with Gasteiger partial charge in [0.15, 0.2) is 6.29 Å². The van der Waals surface area contributed by atoms with E-state index in [1.807, 2.05) is 24.6 Å². The number of aryl methyl sites for hydroxylation is 1. The van der Waals surface area contributed by atoms with Crippen molar-refractivity contribution in [3.8, 4) is 11.5 Å². The lowest BCUT2D eigenvalue weighted by Crippen LogP contribution is -2.06. The predicted octanol–water partition coefficient (Wildman–Crippen LogP) is 3.08. The van der Waals surface area contributed by atoms with Gasteiger partial charge in [-0.05, 0) is 25.5 Å². The first-order valence-corrected chi connectivity index (χ1v) is 7.13. The summed E-state index contributed by atoms with van der Waals surface area (Å²) in [6.45, 7) is 5.88. The molecule has 0 spiro atoms. The molecule has 1 heterocycles. The van der Waals surface area contributed by atoms with Crippen molar-refractivity contribution in [3.05, 3.63) is 42.0 Å². The molecule has 0 unspecified atom stereocenters. The minimum absolute atomic E-state index is 0.318. The number of aromatic nitrogens is 2. The van der Waals surface area contributed by atoms with Gasteiger partial charge in [-0.1, -0.05) is 6.92 Å². The van der Waals surface area contributed by atoms with E-state index in [9.17, 15) is 4.79 Å². The van der Waals surface area contributed by atoms with Crippen LogP contribution in [0.2, 0.25) is 0 Å². The van der Waals surface area contributed by atoms with Gasteiger partial charge in [0.1, 0.15) is 23.9 Å². The number of carbonyl (C=O) groups is 1. The van der Waals surface area contributed by atoms with Gasteiger partial charge < -0.3 is 14.0 Å². The summed E-state index contributed by atoms with van der Waals surface area (Å²) in [4.78, 5) is 15.3. The van der Waals surface area contributed by atoms with E-state index in [2.05, 4.69) is 4.98 Å². The van der Waals surface area contributed by atoms with Gasteiger partial charge in [0, 0.05) is 25.0 Å². The van der Waals surface area contributed by atoms with E-state index in [-0.39, 0.29) is 0 Å². The Morgan fingerprint density at radius 2 is 2.14 bits per heavy atom. The Hall–Kier alpha value is -2.30. The molecule has 0 atom stereocenters. The van der Waals surface area contributed by atoms with Crippen LogP contribution in [0.4, 0.5) is 0 Å². The summed E-state index contributed by atoms with van der Waals surface area (Å²) in [6, 6.07) is 5.23. The van der Waals surface area contributed by atoms with Crippen LogP contribution in [-0.4, -0.2) is 22.4 Å². The first kappa shape index (κ1) is 15.1. The molecular formula is C16H20N2O3. The van der Waals surface area contributed by atoms with Crippen molar-refractivity contribution in [1.29, 1.82) is 0 Å². The maximum atomic E-state index is 11.1. The van der Waals surface area contributed by atoms with Gasteiger partial charge >= 0.3 is 0 Å². The average molecular weight is 288 g/mol. The Labute approximate surface area is 124 Å². The molecule has 0 amide bonds. The zero-order valence-corrected chi connectivity index (χ0v) is 12.4. The van der Waals surface area contributed by atoms with Crippen LogP contribution in [0.5, 0.6) is 11.5 Å². The third-order valence-corrected chi connectivity index (χ3v) is 3.08. The van der Waals surface area contributed by atoms with Crippen LogP contribution in [0, 0.1) is 0 Å². The number of ether oxygens (including phenoxy) is 2. The molecule has 0 N–H and O–H groups in total. The fourth-order valence-corrected chi connectivity index (χ4v) is 1.96. The van der Waals surface area contributed by atoms with Crippen LogP contribution >= 0.6 is 0 Å². The second-order valence-corrected chi connectivity index (χ2v) is 4.58. The molecule has 0 saturated heterocycles. The van der Waals surface area contributed by atoms with Crippen LogP contribution in [0.1, 0.15) is 36.5 Å². The van der Waals surface area contributed by atoms with E-state index < -0.39 is 0 Å². The van der Waals surface area contributed by atoms with Gasteiger partial charge in [-0.15, -0.1) is 0 Å². The van der Waals surface area contributed by atoms with Crippen LogP contribution in [-0.2, 0) is 13.2 Å². The third kappa shape index (κ3) is 3.84. The second kappa shape index (κ2) is 7.47. The highest BCUT2D eigenvalue weighted by molar-refractivity contribution is 5.79. The predicted molar refractivity (Wildman–Crippen MR) is 79.8 cm³/mol. The average Bonchev–Trinajstić information content (AvgIpc) is 2.98. The fourth-order valence-electron chi connectivity index (χ4n) is 1.96. The Morgan fingerprint density at radius 3 is 2.86 bits per heavy atom. The van der Waals surface area contributed by atoms with Crippen molar-refractivity contribution >= 4 is 6.29 Å². The number of hydrogen-bond acceptors (Lipinski definition) is 4. The molecule has 0 bridgehead atoms. The van der Waals surface area contributed by atoms with Gasteiger partial charge in [-0.3, -0.25) is 4.79 Å². The van der Waals surface area contributed by atoms with Gasteiger partial charge in [-0.25, -0.2) is 4.98 Å². The van der Waals surface area contributed by atoms with Crippen LogP contribution in [0.15, 0.2) is 30.6 Å². The topological polar surface area (TPSA) is 53.4 Å². The van der Waals surface area contributed by atoms with E-state index in [0.29, 0.717) is 30.3 Å². The molecule has 1 aromatic carbocycles. The number of imidazole rings is 1. The number of rotatable bonds is 8. The van der Waals surface area contributed by atoms with E-state index in [4.69, 9.17) is 9.47 Å². The molecular weight excluding hydrogens is 268 g/mol. The van der Waals surface area contributed by atoms with Crippen LogP contribution < -0.4 is 9.47 Å². The van der Waals surface area contributed by atoms with E-state index in [1.165, 1.54) is 0 Å². The number of carbonyl (C=O) groups excluding carboxylic acids is 1. The second-order valence-electron chi connectivity index (χ2n) is 4.58. The highest BCUT2D eigenvalue weighted by Gasteiger charge is 2.08. The lowest BCUT2D eigenvalue weighted by molar-refractivity contribution is 0.111. The molecule has 0 aliphatic rings. The van der Waals surface area contributed by atoms with Gasteiger partial charge in [-0.2, -0.15) is 0 Å². The molecule has 2 rings (SSSR count). The van der Waals surface area contributed by atoms with Crippen molar-refractivity contribution in [2.45, 2.75) is 33.4 Å². The minimum atomic E-state index is 0.318. The zero-order chi connectivity index (χ0) is 15.1. The molecule has 0 fully saturated rings. The van der Waals surface area contributed by atoms with E-state index in [1.54, 1.807) is 24.4 Å². The fraction of sp³-hybridized carbons (Fsp3) is 0.375. The Balaban J connectivity index is 2.11. The number of aldehydes is 1. The van der Waals surface area contributed by atoms with Crippen LogP contribution in [0.25, 0.3) is 0 Å². The minimum Gasteiger partial charge on any atom is -0.493 e. The summed E-state index contributed by atoms with van der Waals surface area (Å²) in [5.74, 6) is 2.05. The highest BCUT2D eigenvalue weighted by Crippen LogP contribution is 2.24. The monoisotopic (exact) mass is 288 g/mol. The molecule has 0 aliphatic heterocycles. The van der Waals surface area contributed by atoms with Gasteiger partial charge in [0.2, 0.25) is 0 Å². The molecule has 0 aliphatic carbocycles. The molecule has 2 aromatic rings. The Kier molecular flexibility index (Phi) is 5.37. The molecule has 0 saturated carbocycles. The SMILES string of the molecule is CCCOc1ccc(C=O)c(OCc2nccn2CC)c1. The molecule has 5 nitrogen and oxygen atoms in total. The molecule has 21 heavy (non-hydrogen) atoms. The summed E-state index contributed by atoms with van der Waals surface area (Å²) >= 11 is 0. The maximum absolute atomic E-state index is 11.1. The molecule has 5 heteroatoms. The van der Waals surface area contributed by atoms with Gasteiger partial charge in [0.05, 0.1) is 12.2 Å². The summed E-state index contributed by atoms with van der Waals surface area (Å²) in [5, 5.41) is 0. The molecule has 0 radical (unpaired) electrons. The van der Waals surface area contributed by atoms with Gasteiger partial charge in [0.25, 0.3) is 0 Å². The van der Waals surface area contributed by atoms with E-state index in [0.717, 1.165) is 25.1 Å². The van der Waals surface area contributed by atoms with Crippen molar-refractivity contribution < 1.29 is 14.3 Å². The number of benzene rings is 1. The molecule has 1 aromatic heterocycles. The third-order valence-electron chi connectivity index (χ3n) is 3.08. The summed E-state index contributed by atoms with van der Waals surface area (Å²) < 4.78 is 13.3. The zero-order valence-electron chi connectivity index (χ0n) is 12.4.